The second-order valence-corrected chi connectivity index (χ2v) is 11.7. The van der Waals surface area contributed by atoms with Gasteiger partial charge < -0.3 is 4.57 Å². The molecule has 0 bridgehead atoms. The Hall–Kier alpha value is -3.15. The van der Waals surface area contributed by atoms with Crippen molar-refractivity contribution in [1.82, 2.24) is 0 Å². The Kier molecular flexibility index (Phi) is 4.39. The third-order valence-corrected chi connectivity index (χ3v) is 10.3. The monoisotopic (exact) mass is 432 g/mol. The molecule has 0 aromatic heterocycles. The molecule has 32 heavy (non-hydrogen) atoms. The van der Waals surface area contributed by atoms with Gasteiger partial charge in [-0.05, 0) is 45.0 Å². The van der Waals surface area contributed by atoms with Crippen molar-refractivity contribution in [1.29, 1.82) is 0 Å². The summed E-state index contributed by atoms with van der Waals surface area (Å²) in [6, 6.07) is 30.8. The molecule has 156 valence electrons. The maximum Gasteiger partial charge on any atom is 0.171 e. The molecule has 0 saturated heterocycles. The quantitative estimate of drug-likeness (QED) is 0.335. The summed E-state index contributed by atoms with van der Waals surface area (Å²) in [5.41, 5.74) is 5.48. The van der Waals surface area contributed by atoms with Crippen LogP contribution in [0.3, 0.4) is 0 Å². The summed E-state index contributed by atoms with van der Waals surface area (Å²) in [5, 5.41) is 5.04. The van der Waals surface area contributed by atoms with Crippen molar-refractivity contribution in [3.63, 3.8) is 0 Å². The van der Waals surface area contributed by atoms with E-state index in [9.17, 15) is 0 Å². The molecule has 2 aliphatic carbocycles. The second kappa shape index (κ2) is 7.19. The molecule has 0 saturated carbocycles. The van der Waals surface area contributed by atoms with Crippen molar-refractivity contribution >= 4 is 39.4 Å². The van der Waals surface area contributed by atoms with Crippen molar-refractivity contribution in [3.8, 4) is 0 Å². The van der Waals surface area contributed by atoms with Gasteiger partial charge in [0.15, 0.2) is 7.14 Å². The van der Waals surface area contributed by atoms with Gasteiger partial charge in [-0.1, -0.05) is 111 Å². The first kappa shape index (κ1) is 19.5. The predicted octanol–water partition coefficient (Wildman–Crippen LogP) is 6.56. The lowest BCUT2D eigenvalue weighted by atomic mass is 9.88. The second-order valence-electron chi connectivity index (χ2n) is 8.92. The fourth-order valence-electron chi connectivity index (χ4n) is 5.75. The van der Waals surface area contributed by atoms with Gasteiger partial charge in [-0.2, -0.15) is 0 Å². The lowest BCUT2D eigenvalue weighted by Crippen LogP contribution is -2.26. The van der Waals surface area contributed by atoms with E-state index in [1.807, 2.05) is 60.7 Å². The highest BCUT2D eigenvalue weighted by Gasteiger charge is 2.38. The van der Waals surface area contributed by atoms with E-state index in [0.717, 1.165) is 21.3 Å². The van der Waals surface area contributed by atoms with E-state index >= 15 is 4.57 Å². The van der Waals surface area contributed by atoms with Crippen LogP contribution in [0.25, 0.3) is 16.3 Å². The SMILES string of the molecule is CC1C=CC2=C1[C@H](C)c1c2cc(P(=O)(c2ccccc2)c2ccccc2)c2ccccc12. The molecule has 4 aromatic rings. The zero-order valence-corrected chi connectivity index (χ0v) is 19.2. The molecule has 0 N–H and O–H groups in total. The van der Waals surface area contributed by atoms with Crippen molar-refractivity contribution < 1.29 is 4.57 Å². The van der Waals surface area contributed by atoms with Crippen LogP contribution in [0, 0.1) is 5.92 Å². The van der Waals surface area contributed by atoms with Gasteiger partial charge >= 0.3 is 0 Å². The van der Waals surface area contributed by atoms with Crippen molar-refractivity contribution in [3.05, 3.63) is 120 Å². The maximum absolute atomic E-state index is 15.2. The molecule has 2 atom stereocenters. The average Bonchev–Trinajstić information content (AvgIpc) is 3.37. The Bertz CT molecular complexity index is 1420. The molecule has 0 spiro atoms. The molecule has 1 unspecified atom stereocenters. The van der Waals surface area contributed by atoms with Crippen LogP contribution >= 0.6 is 7.14 Å². The van der Waals surface area contributed by atoms with E-state index in [4.69, 9.17) is 0 Å². The van der Waals surface area contributed by atoms with Crippen LogP contribution in [0.1, 0.15) is 30.9 Å². The molecule has 6 rings (SSSR count). The first-order chi connectivity index (χ1) is 15.6. The van der Waals surface area contributed by atoms with Gasteiger partial charge in [0.1, 0.15) is 0 Å². The van der Waals surface area contributed by atoms with Gasteiger partial charge in [0.25, 0.3) is 0 Å². The number of fused-ring (bicyclic) bond motifs is 4. The van der Waals surface area contributed by atoms with Crippen molar-refractivity contribution in [2.24, 2.45) is 5.92 Å². The highest BCUT2D eigenvalue weighted by molar-refractivity contribution is 7.85. The molecule has 0 heterocycles. The molecule has 4 aromatic carbocycles. The number of allylic oxidation sites excluding steroid dienone is 4. The largest absolute Gasteiger partial charge is 0.309 e. The van der Waals surface area contributed by atoms with Crippen LogP contribution in [0.5, 0.6) is 0 Å². The van der Waals surface area contributed by atoms with Gasteiger partial charge in [0.2, 0.25) is 0 Å². The summed E-state index contributed by atoms with van der Waals surface area (Å²) >= 11 is 0. The minimum atomic E-state index is -3.07. The Morgan fingerprint density at radius 2 is 1.28 bits per heavy atom. The van der Waals surface area contributed by atoms with Gasteiger partial charge in [-0.25, -0.2) is 0 Å². The summed E-state index contributed by atoms with van der Waals surface area (Å²) in [5.74, 6) is 0.821. The zero-order valence-electron chi connectivity index (χ0n) is 18.3. The third kappa shape index (κ3) is 2.61. The molecule has 0 amide bonds. The van der Waals surface area contributed by atoms with Crippen LogP contribution in [0.4, 0.5) is 0 Å². The maximum atomic E-state index is 15.2. The standard InChI is InChI=1S/C30H25OP/c1-20-17-18-26-27-19-28(24-15-9-10-16-25(24)30(27)21(2)29(20)26)32(31,22-11-5-3-6-12-22)23-13-7-4-8-14-23/h3-21H,1-2H3/t20?,21-/m0/s1. The smallest absolute Gasteiger partial charge is 0.171 e. The van der Waals surface area contributed by atoms with Crippen molar-refractivity contribution in [2.75, 3.05) is 0 Å². The summed E-state index contributed by atoms with van der Waals surface area (Å²) in [6.45, 7) is 4.61. The number of benzene rings is 4. The summed E-state index contributed by atoms with van der Waals surface area (Å²) < 4.78 is 15.2. The van der Waals surface area contributed by atoms with Gasteiger partial charge in [0.05, 0.1) is 0 Å². The zero-order chi connectivity index (χ0) is 21.9. The first-order valence-electron chi connectivity index (χ1n) is 11.3. The Balaban J connectivity index is 1.74. The molecule has 0 aliphatic heterocycles. The van der Waals surface area contributed by atoms with E-state index in [1.165, 1.54) is 27.7 Å². The molecule has 2 heteroatoms. The highest BCUT2D eigenvalue weighted by atomic mass is 31.2. The average molecular weight is 433 g/mol. The van der Waals surface area contributed by atoms with Gasteiger partial charge in [-0.3, -0.25) is 0 Å². The normalized spacial score (nSPS) is 19.4. The number of hydrogen-bond acceptors (Lipinski definition) is 1. The van der Waals surface area contributed by atoms with Gasteiger partial charge in [-0.15, -0.1) is 0 Å². The Morgan fingerprint density at radius 1 is 0.719 bits per heavy atom. The third-order valence-electron chi connectivity index (χ3n) is 7.19. The number of rotatable bonds is 3. The number of hydrogen-bond donors (Lipinski definition) is 0. The fraction of sp³-hybridized carbons (Fsp3) is 0.133. The van der Waals surface area contributed by atoms with Crippen LogP contribution in [-0.4, -0.2) is 0 Å². The van der Waals surface area contributed by atoms with Crippen LogP contribution in [-0.2, 0) is 4.57 Å². The molecule has 1 nitrogen and oxygen atoms in total. The summed E-state index contributed by atoms with van der Waals surface area (Å²) in [7, 11) is -3.07. The van der Waals surface area contributed by atoms with E-state index in [2.05, 4.69) is 56.3 Å². The Labute approximate surface area is 189 Å². The predicted molar refractivity (Wildman–Crippen MR) is 137 cm³/mol. The topological polar surface area (TPSA) is 17.1 Å². The fourth-order valence-corrected chi connectivity index (χ4v) is 8.63. The van der Waals surface area contributed by atoms with Crippen LogP contribution < -0.4 is 15.9 Å². The molecular weight excluding hydrogens is 407 g/mol. The molecular formula is C30H25OP. The van der Waals surface area contributed by atoms with Crippen LogP contribution in [0.2, 0.25) is 0 Å². The minimum Gasteiger partial charge on any atom is -0.309 e. The van der Waals surface area contributed by atoms with Crippen LogP contribution in [0.15, 0.2) is 109 Å². The molecule has 0 fully saturated rings. The first-order valence-corrected chi connectivity index (χ1v) is 13.0. The summed E-state index contributed by atoms with van der Waals surface area (Å²) in [4.78, 5) is 0. The summed E-state index contributed by atoms with van der Waals surface area (Å²) in [6.07, 6.45) is 4.57. The lowest BCUT2D eigenvalue weighted by molar-refractivity contribution is 0.592. The van der Waals surface area contributed by atoms with Gasteiger partial charge in [0, 0.05) is 21.8 Å². The minimum absolute atomic E-state index is 0.372. The van der Waals surface area contributed by atoms with E-state index in [0.29, 0.717) is 11.8 Å². The highest BCUT2D eigenvalue weighted by Crippen LogP contribution is 2.53. The van der Waals surface area contributed by atoms with E-state index in [-0.39, 0.29) is 0 Å². The van der Waals surface area contributed by atoms with Crippen molar-refractivity contribution in [2.45, 2.75) is 19.8 Å². The van der Waals surface area contributed by atoms with E-state index in [1.54, 1.807) is 0 Å². The molecule has 2 aliphatic rings. The lowest BCUT2D eigenvalue weighted by Gasteiger charge is -2.24. The van der Waals surface area contributed by atoms with E-state index < -0.39 is 7.14 Å². The molecule has 0 radical (unpaired) electrons. The Morgan fingerprint density at radius 3 is 1.91 bits per heavy atom.